The van der Waals surface area contributed by atoms with Crippen molar-refractivity contribution >= 4 is 0 Å². The number of nitrogens with two attached hydrogens (primary N) is 1. The molecule has 17 heavy (non-hydrogen) atoms. The van der Waals surface area contributed by atoms with Crippen LogP contribution >= 0.6 is 0 Å². The molecular formula is C11H14N4O2. The van der Waals surface area contributed by atoms with E-state index in [2.05, 4.69) is 15.1 Å². The van der Waals surface area contributed by atoms with Crippen LogP contribution in [0.3, 0.4) is 0 Å². The van der Waals surface area contributed by atoms with E-state index >= 15 is 0 Å². The maximum atomic E-state index is 5.79. The van der Waals surface area contributed by atoms with Gasteiger partial charge >= 0.3 is 0 Å². The summed E-state index contributed by atoms with van der Waals surface area (Å²) >= 11 is 0. The summed E-state index contributed by atoms with van der Waals surface area (Å²) in [4.78, 5) is 8.50. The molecule has 1 atom stereocenters. The van der Waals surface area contributed by atoms with E-state index in [1.807, 2.05) is 25.1 Å². The number of pyridine rings is 1. The number of nitrogens with zero attached hydrogens (tertiary/aromatic N) is 3. The lowest BCUT2D eigenvalue weighted by Gasteiger charge is -2.02. The molecule has 0 aromatic carbocycles. The zero-order chi connectivity index (χ0) is 12.3. The molecule has 2 heterocycles. The van der Waals surface area contributed by atoms with Crippen molar-refractivity contribution in [1.29, 1.82) is 0 Å². The molecule has 2 N–H and O–H groups in total. The monoisotopic (exact) mass is 234 g/mol. The van der Waals surface area contributed by atoms with Gasteiger partial charge in [0, 0.05) is 12.8 Å². The predicted octanol–water partition coefficient (Wildman–Crippen LogP) is 1.09. The zero-order valence-corrected chi connectivity index (χ0v) is 9.75. The van der Waals surface area contributed by atoms with Crippen LogP contribution in [0, 0.1) is 6.92 Å². The highest BCUT2D eigenvalue weighted by molar-refractivity contribution is 5.48. The van der Waals surface area contributed by atoms with Gasteiger partial charge in [-0.1, -0.05) is 11.2 Å². The van der Waals surface area contributed by atoms with Crippen LogP contribution in [0.15, 0.2) is 22.7 Å². The summed E-state index contributed by atoms with van der Waals surface area (Å²) in [6, 6.07) is 5.21. The topological polar surface area (TPSA) is 87.1 Å². The molecule has 0 saturated heterocycles. The van der Waals surface area contributed by atoms with Crippen LogP contribution in [0.1, 0.15) is 17.6 Å². The Morgan fingerprint density at radius 3 is 2.94 bits per heavy atom. The van der Waals surface area contributed by atoms with Crippen LogP contribution in [-0.2, 0) is 4.74 Å². The lowest BCUT2D eigenvalue weighted by atomic mass is 10.3. The Bertz CT molecular complexity index is 498. The van der Waals surface area contributed by atoms with E-state index < -0.39 is 6.04 Å². The van der Waals surface area contributed by atoms with Crippen LogP contribution < -0.4 is 5.73 Å². The lowest BCUT2D eigenvalue weighted by Crippen LogP contribution is -2.16. The van der Waals surface area contributed by atoms with E-state index in [0.717, 1.165) is 5.69 Å². The summed E-state index contributed by atoms with van der Waals surface area (Å²) in [6.45, 7) is 2.24. The number of methoxy groups -OCH3 is 1. The molecule has 0 aliphatic rings. The van der Waals surface area contributed by atoms with E-state index in [1.54, 1.807) is 7.11 Å². The highest BCUT2D eigenvalue weighted by atomic mass is 16.5. The molecular weight excluding hydrogens is 220 g/mol. The molecule has 0 radical (unpaired) electrons. The summed E-state index contributed by atoms with van der Waals surface area (Å²) in [6.07, 6.45) is 0. The predicted molar refractivity (Wildman–Crippen MR) is 61.1 cm³/mol. The van der Waals surface area contributed by atoms with Crippen LogP contribution in [-0.4, -0.2) is 28.8 Å². The maximum absolute atomic E-state index is 5.79. The summed E-state index contributed by atoms with van der Waals surface area (Å²) in [5.41, 5.74) is 7.35. The van der Waals surface area contributed by atoms with Gasteiger partial charge in [0.25, 0.3) is 0 Å². The van der Waals surface area contributed by atoms with Gasteiger partial charge in [0.05, 0.1) is 6.61 Å². The highest BCUT2D eigenvalue weighted by Crippen LogP contribution is 2.16. The number of aromatic nitrogens is 3. The Balaban J connectivity index is 2.23. The Morgan fingerprint density at radius 2 is 2.24 bits per heavy atom. The first-order valence-corrected chi connectivity index (χ1v) is 5.23. The fourth-order valence-corrected chi connectivity index (χ4v) is 1.41. The van der Waals surface area contributed by atoms with Crippen molar-refractivity contribution in [3.8, 4) is 11.5 Å². The molecule has 0 aliphatic heterocycles. The van der Waals surface area contributed by atoms with Crippen molar-refractivity contribution in [2.75, 3.05) is 13.7 Å². The first-order valence-electron chi connectivity index (χ1n) is 5.23. The summed E-state index contributed by atoms with van der Waals surface area (Å²) in [5, 5.41) is 3.85. The van der Waals surface area contributed by atoms with Crippen molar-refractivity contribution in [3.63, 3.8) is 0 Å². The highest BCUT2D eigenvalue weighted by Gasteiger charge is 2.15. The maximum Gasteiger partial charge on any atom is 0.246 e. The van der Waals surface area contributed by atoms with Crippen molar-refractivity contribution in [3.05, 3.63) is 29.8 Å². The molecule has 90 valence electrons. The van der Waals surface area contributed by atoms with E-state index in [-0.39, 0.29) is 0 Å². The van der Waals surface area contributed by atoms with Crippen LogP contribution in [0.4, 0.5) is 0 Å². The molecule has 1 unspecified atom stereocenters. The molecule has 0 amide bonds. The molecule has 0 spiro atoms. The van der Waals surface area contributed by atoms with Gasteiger partial charge in [-0.05, 0) is 19.1 Å². The normalized spacial score (nSPS) is 12.6. The average molecular weight is 234 g/mol. The molecule has 2 aromatic rings. The van der Waals surface area contributed by atoms with Gasteiger partial charge < -0.3 is 15.0 Å². The molecule has 6 nitrogen and oxygen atoms in total. The number of aryl methyl sites for hydroxylation is 1. The van der Waals surface area contributed by atoms with Crippen molar-refractivity contribution in [2.24, 2.45) is 5.73 Å². The molecule has 0 fully saturated rings. The summed E-state index contributed by atoms with van der Waals surface area (Å²) in [5.74, 6) is 0.792. The van der Waals surface area contributed by atoms with Gasteiger partial charge in [0.15, 0.2) is 0 Å². The molecule has 0 bridgehead atoms. The van der Waals surface area contributed by atoms with Crippen LogP contribution in [0.5, 0.6) is 0 Å². The van der Waals surface area contributed by atoms with Gasteiger partial charge in [0.2, 0.25) is 11.7 Å². The van der Waals surface area contributed by atoms with Gasteiger partial charge in [-0.2, -0.15) is 4.98 Å². The minimum absolute atomic E-state index is 0.336. The van der Waals surface area contributed by atoms with Crippen LogP contribution in [0.25, 0.3) is 11.5 Å². The van der Waals surface area contributed by atoms with Crippen LogP contribution in [0.2, 0.25) is 0 Å². The van der Waals surface area contributed by atoms with Gasteiger partial charge in [0.1, 0.15) is 11.7 Å². The lowest BCUT2D eigenvalue weighted by molar-refractivity contribution is 0.166. The van der Waals surface area contributed by atoms with Crippen molar-refractivity contribution in [2.45, 2.75) is 13.0 Å². The number of hydrogen-bond donors (Lipinski definition) is 1. The third kappa shape index (κ3) is 2.66. The zero-order valence-electron chi connectivity index (χ0n) is 9.75. The van der Waals surface area contributed by atoms with Crippen molar-refractivity contribution < 1.29 is 9.26 Å². The molecule has 2 rings (SSSR count). The Kier molecular flexibility index (Phi) is 3.46. The van der Waals surface area contributed by atoms with E-state index in [1.165, 1.54) is 0 Å². The second-order valence-corrected chi connectivity index (χ2v) is 3.68. The second-order valence-electron chi connectivity index (χ2n) is 3.68. The average Bonchev–Trinajstić information content (AvgIpc) is 2.78. The minimum atomic E-state index is -0.411. The largest absolute Gasteiger partial charge is 0.383 e. The fraction of sp³-hybridized carbons (Fsp3) is 0.364. The third-order valence-electron chi connectivity index (χ3n) is 2.22. The molecule has 6 heteroatoms. The Labute approximate surface area is 98.8 Å². The van der Waals surface area contributed by atoms with E-state index in [0.29, 0.717) is 24.0 Å². The van der Waals surface area contributed by atoms with E-state index in [9.17, 15) is 0 Å². The SMILES string of the molecule is COCC(N)c1nc(-c2cccc(C)n2)no1. The summed E-state index contributed by atoms with van der Waals surface area (Å²) in [7, 11) is 1.57. The Morgan fingerprint density at radius 1 is 1.41 bits per heavy atom. The molecule has 2 aromatic heterocycles. The smallest absolute Gasteiger partial charge is 0.246 e. The number of rotatable bonds is 4. The Hall–Kier alpha value is -1.79. The molecule has 0 saturated carbocycles. The van der Waals surface area contributed by atoms with Gasteiger partial charge in [-0.15, -0.1) is 0 Å². The number of ether oxygens (including phenoxy) is 1. The molecule has 0 aliphatic carbocycles. The first-order chi connectivity index (χ1) is 8.20. The van der Waals surface area contributed by atoms with Crippen molar-refractivity contribution in [1.82, 2.24) is 15.1 Å². The second kappa shape index (κ2) is 5.03. The first kappa shape index (κ1) is 11.7. The standard InChI is InChI=1S/C11H14N4O2/c1-7-4-3-5-9(13-7)10-14-11(17-15-10)8(12)6-16-2/h3-5,8H,6,12H2,1-2H3. The summed E-state index contributed by atoms with van der Waals surface area (Å²) < 4.78 is 9.99. The van der Waals surface area contributed by atoms with E-state index in [4.69, 9.17) is 15.0 Å². The van der Waals surface area contributed by atoms with Gasteiger partial charge in [-0.25, -0.2) is 4.98 Å². The fourth-order valence-electron chi connectivity index (χ4n) is 1.41. The minimum Gasteiger partial charge on any atom is -0.383 e. The van der Waals surface area contributed by atoms with Gasteiger partial charge in [-0.3, -0.25) is 0 Å². The number of hydrogen-bond acceptors (Lipinski definition) is 6. The third-order valence-corrected chi connectivity index (χ3v) is 2.22. The quantitative estimate of drug-likeness (QED) is 0.851.